The van der Waals surface area contributed by atoms with E-state index in [0.717, 1.165) is 106 Å². The molecule has 0 bridgehead atoms. The van der Waals surface area contributed by atoms with Crippen LogP contribution in [0.5, 0.6) is 0 Å². The maximum Gasteiger partial charge on any atom is 0.235 e. The predicted molar refractivity (Wildman–Crippen MR) is 610 cm³/mol. The Morgan fingerprint density at radius 1 is 0.186 bits per heavy atom. The van der Waals surface area contributed by atoms with Gasteiger partial charge in [-0.25, -0.2) is 29.9 Å². The summed E-state index contributed by atoms with van der Waals surface area (Å²) in [4.78, 5) is 32.4. The molecule has 0 saturated heterocycles. The highest BCUT2D eigenvalue weighted by Crippen LogP contribution is 2.59. The van der Waals surface area contributed by atoms with Crippen LogP contribution in [-0.2, 0) is 16.2 Å². The fourth-order valence-corrected chi connectivity index (χ4v) is 27.4. The molecule has 23 aromatic carbocycles. The molecule has 3 aliphatic rings. The molecule has 3 aliphatic carbocycles. The third kappa shape index (κ3) is 11.3. The fourth-order valence-electron chi connectivity index (χ4n) is 26.2. The highest BCUT2D eigenvalue weighted by molar-refractivity contribution is 7.26. The van der Waals surface area contributed by atoms with Crippen LogP contribution in [0.15, 0.2) is 419 Å². The van der Waals surface area contributed by atoms with E-state index < -0.39 is 0 Å². The van der Waals surface area contributed by atoms with Crippen LogP contribution in [0.25, 0.3) is 278 Å². The minimum Gasteiger partial charge on any atom is -0.292 e. The maximum absolute atomic E-state index is 5.54. The molecular formula is C135H87N9S. The molecule has 678 valence electrons. The quantitative estimate of drug-likeness (QED) is 0.158. The zero-order valence-corrected chi connectivity index (χ0v) is 81.1. The van der Waals surface area contributed by atoms with Crippen LogP contribution in [-0.4, -0.2) is 43.6 Å². The number of hydrogen-bond acceptors (Lipinski definition) is 7. The molecule has 10 heteroatoms. The topological polar surface area (TPSA) is 92.1 Å². The number of hydrogen-bond donors (Lipinski definition) is 0. The average molecular weight is 1870 g/mol. The lowest BCUT2D eigenvalue weighted by molar-refractivity contribution is 0.663. The molecule has 0 amide bonds. The molecule has 0 unspecified atom stereocenters. The molecule has 9 nitrogen and oxygen atoms in total. The van der Waals surface area contributed by atoms with Gasteiger partial charge in [0, 0.05) is 96.2 Å². The van der Waals surface area contributed by atoms with E-state index in [1.54, 1.807) is 0 Å². The van der Waals surface area contributed by atoms with Crippen LogP contribution in [0, 0.1) is 0 Å². The summed E-state index contributed by atoms with van der Waals surface area (Å²) in [5.74, 6) is 2.23. The average Bonchev–Trinajstić information content (AvgIpc) is 1.52. The van der Waals surface area contributed by atoms with Gasteiger partial charge >= 0.3 is 0 Å². The Morgan fingerprint density at radius 2 is 0.497 bits per heavy atom. The first kappa shape index (κ1) is 81.8. The molecule has 30 aromatic rings. The summed E-state index contributed by atoms with van der Waals surface area (Å²) in [6.45, 7) is 14.3. The number of nitrogens with zero attached hydrogens (tertiary/aromatic N) is 9. The Bertz CT molecular complexity index is 11100. The van der Waals surface area contributed by atoms with Crippen molar-refractivity contribution in [2.75, 3.05) is 0 Å². The van der Waals surface area contributed by atoms with Gasteiger partial charge in [-0.3, -0.25) is 13.7 Å². The van der Waals surface area contributed by atoms with E-state index in [4.69, 9.17) is 29.9 Å². The van der Waals surface area contributed by atoms with Gasteiger partial charge in [0.05, 0.1) is 66.6 Å². The van der Waals surface area contributed by atoms with Gasteiger partial charge in [0.15, 0.2) is 5.82 Å². The second-order valence-corrected chi connectivity index (χ2v) is 42.3. The third-order valence-electron chi connectivity index (χ3n) is 32.7. The van der Waals surface area contributed by atoms with Gasteiger partial charge in [-0.15, -0.1) is 11.3 Å². The lowest BCUT2D eigenvalue weighted by atomic mass is 9.81. The Balaban J connectivity index is 0.0000000993. The van der Waals surface area contributed by atoms with E-state index in [1.165, 1.54) is 194 Å². The summed E-state index contributed by atoms with van der Waals surface area (Å²) in [6.07, 6.45) is 0. The van der Waals surface area contributed by atoms with Crippen LogP contribution < -0.4 is 0 Å². The Kier molecular flexibility index (Phi) is 17.0. The van der Waals surface area contributed by atoms with E-state index in [1.807, 2.05) is 11.3 Å². The van der Waals surface area contributed by atoms with Gasteiger partial charge in [0.2, 0.25) is 11.9 Å². The zero-order chi connectivity index (χ0) is 95.9. The maximum atomic E-state index is 5.54. The number of aromatic nitrogens is 9. The van der Waals surface area contributed by atoms with Crippen molar-refractivity contribution in [2.24, 2.45) is 0 Å². The highest BCUT2D eigenvalue weighted by atomic mass is 32.1. The van der Waals surface area contributed by atoms with Gasteiger partial charge in [-0.2, -0.15) is 0 Å². The molecule has 0 N–H and O–H groups in total. The van der Waals surface area contributed by atoms with Crippen LogP contribution in [0.1, 0.15) is 74.9 Å². The molecular weight excluding hydrogens is 1780 g/mol. The molecule has 7 aromatic heterocycles. The molecule has 0 radical (unpaired) electrons. The van der Waals surface area contributed by atoms with E-state index in [0.29, 0.717) is 11.9 Å². The zero-order valence-electron chi connectivity index (χ0n) is 80.3. The molecule has 145 heavy (non-hydrogen) atoms. The van der Waals surface area contributed by atoms with E-state index in [-0.39, 0.29) is 16.2 Å². The predicted octanol–water partition coefficient (Wildman–Crippen LogP) is 35.5. The Labute approximate surface area is 836 Å². The molecule has 0 spiro atoms. The monoisotopic (exact) mass is 1870 g/mol. The summed E-state index contributed by atoms with van der Waals surface area (Å²) in [5.41, 5.74) is 26.7. The first-order valence-electron chi connectivity index (χ1n) is 50.2. The fraction of sp³-hybridized carbons (Fsp3) is 0.0667. The van der Waals surface area contributed by atoms with Crippen molar-refractivity contribution < 1.29 is 0 Å². The number of benzene rings is 20. The van der Waals surface area contributed by atoms with E-state index in [2.05, 4.69) is 474 Å². The summed E-state index contributed by atoms with van der Waals surface area (Å²) in [5, 5.41) is 35.7. The van der Waals surface area contributed by atoms with Gasteiger partial charge < -0.3 is 0 Å². The molecule has 0 aliphatic heterocycles. The van der Waals surface area contributed by atoms with Gasteiger partial charge in [0.25, 0.3) is 0 Å². The van der Waals surface area contributed by atoms with Crippen molar-refractivity contribution in [3.8, 4) is 62.6 Å². The summed E-state index contributed by atoms with van der Waals surface area (Å²) < 4.78 is 9.54. The molecule has 0 atom stereocenters. The summed E-state index contributed by atoms with van der Waals surface area (Å²) in [7, 11) is 0. The number of fused-ring (bicyclic) bond motifs is 15. The lowest BCUT2D eigenvalue weighted by Crippen LogP contribution is -2.15. The number of thiophene rings is 1. The van der Waals surface area contributed by atoms with Crippen LogP contribution in [0.4, 0.5) is 0 Å². The van der Waals surface area contributed by atoms with E-state index in [9.17, 15) is 0 Å². The molecule has 0 saturated carbocycles. The highest BCUT2D eigenvalue weighted by Gasteiger charge is 2.41. The van der Waals surface area contributed by atoms with Crippen molar-refractivity contribution in [2.45, 2.75) is 57.8 Å². The first-order valence-corrected chi connectivity index (χ1v) is 51.0. The van der Waals surface area contributed by atoms with Crippen molar-refractivity contribution >= 4 is 227 Å². The minimum absolute atomic E-state index is 0.114. The van der Waals surface area contributed by atoms with E-state index >= 15 is 0 Å². The molecule has 7 heterocycles. The van der Waals surface area contributed by atoms with Crippen LogP contribution in [0.3, 0.4) is 0 Å². The third-order valence-corrected chi connectivity index (χ3v) is 33.9. The number of rotatable bonds is 7. The van der Waals surface area contributed by atoms with Crippen molar-refractivity contribution in [1.29, 1.82) is 0 Å². The Hall–Kier alpha value is -18.0. The largest absolute Gasteiger partial charge is 0.292 e. The van der Waals surface area contributed by atoms with Crippen molar-refractivity contribution in [3.05, 3.63) is 452 Å². The summed E-state index contributed by atoms with van der Waals surface area (Å²) >= 11 is 1.84. The van der Waals surface area contributed by atoms with Gasteiger partial charge in [-0.1, -0.05) is 387 Å². The van der Waals surface area contributed by atoms with Crippen molar-refractivity contribution in [3.63, 3.8) is 0 Å². The second kappa shape index (κ2) is 30.1. The smallest absolute Gasteiger partial charge is 0.235 e. The normalized spacial score (nSPS) is 13.8. The number of para-hydroxylation sites is 4. The molecule has 33 rings (SSSR count). The second-order valence-electron chi connectivity index (χ2n) is 41.2. The minimum atomic E-state index is -0.137. The summed E-state index contributed by atoms with van der Waals surface area (Å²) in [6, 6.07) is 152. The first-order chi connectivity index (χ1) is 71.3. The Morgan fingerprint density at radius 3 is 0.952 bits per heavy atom. The van der Waals surface area contributed by atoms with Gasteiger partial charge in [0.1, 0.15) is 5.69 Å². The lowest BCUT2D eigenvalue weighted by Gasteiger charge is -2.22. The van der Waals surface area contributed by atoms with Crippen molar-refractivity contribution in [1.82, 2.24) is 43.6 Å². The van der Waals surface area contributed by atoms with Crippen LogP contribution >= 0.6 is 11.3 Å². The van der Waals surface area contributed by atoms with Crippen LogP contribution in [0.2, 0.25) is 0 Å². The van der Waals surface area contributed by atoms with Gasteiger partial charge in [-0.05, 0) is 214 Å². The molecule has 0 fully saturated rings. The standard InChI is InChI=1S/C47H29N3S.C47H31N3.C41H27N3/c1-47(2)33-19-10-15-29-26-12-3-4-13-27(26)30-16-11-22-37-41(30)43-38(25-24-34(47)42(43)40(29)33)50(37)46-44(48-35-20-6-7-21-36(35)49-46)32-18-9-17-31-28-14-5-8-23-39(28)51-45(31)32;1-47(2)36-22-11-20-33-31-17-6-7-18-32(31)34-21-12-24-39-42(34)44-40(26-25-37(47)43(44)41(33)36)50(39)46-48-38-23-9-8-19-35(38)45(49-46)30-16-10-15-29(27-30)28-13-4-3-5-14-28;1-41(2)30-19-10-17-27-25-14-6-7-15-26(25)28-18-11-21-33-36(28)38-34(23-22-31(41)37(38)35(27)30)44(33)40-42-32-20-9-8-16-29(32)39(43-40)24-12-4-3-5-13-24/h3-25H,1-2H3;3-27H,1-2H3;3-23H,1-2H3. The SMILES string of the molecule is CC1(C)c2cccc3c4ccccc4c4cccc5c4c4c(c1ccc4n5-c1nc(-c4cccc(-c5ccccc5)c4)c4ccccc4n1)c23.CC1(C)c2cccc3c4ccccc4c4cccc5c4c4c(c1ccc4n5-c1nc(-c4ccccc4)c4ccccc4n1)c23.CC1(C)c2cccc3c4ccccc4c4cccc5c4c4c(c1ccc4n5-c1nc4ccccc4nc1-c1cccc4c1sc1ccccc14)c23.